The fourth-order valence-corrected chi connectivity index (χ4v) is 2.57. The second-order valence-corrected chi connectivity index (χ2v) is 6.51. The van der Waals surface area contributed by atoms with E-state index in [-0.39, 0.29) is 18.2 Å². The van der Waals surface area contributed by atoms with Crippen molar-refractivity contribution in [3.05, 3.63) is 52.3 Å². The molecule has 0 saturated heterocycles. The number of amidine groups is 1. The van der Waals surface area contributed by atoms with E-state index >= 15 is 0 Å². The third kappa shape index (κ3) is 4.63. The van der Waals surface area contributed by atoms with Gasteiger partial charge in [0.2, 0.25) is 0 Å². The van der Waals surface area contributed by atoms with Gasteiger partial charge in [0.15, 0.2) is 5.69 Å². The number of H-pyrrole nitrogens is 1. The molecule has 2 aromatic rings. The summed E-state index contributed by atoms with van der Waals surface area (Å²) < 4.78 is 38.0. The van der Waals surface area contributed by atoms with Gasteiger partial charge in [0.05, 0.1) is 6.04 Å². The maximum absolute atomic E-state index is 12.7. The van der Waals surface area contributed by atoms with Crippen LogP contribution in [0, 0.1) is 0 Å². The summed E-state index contributed by atoms with van der Waals surface area (Å²) in [5, 5.41) is 8.81. The number of carbonyl (C=O) groups excluding carboxylic acids is 1. The van der Waals surface area contributed by atoms with Crippen LogP contribution >= 0.6 is 11.6 Å². The van der Waals surface area contributed by atoms with Crippen molar-refractivity contribution in [3.63, 3.8) is 0 Å². The molecule has 26 heavy (non-hydrogen) atoms. The van der Waals surface area contributed by atoms with Crippen molar-refractivity contribution in [1.82, 2.24) is 15.5 Å². The number of hydrogen-bond acceptors (Lipinski definition) is 3. The number of rotatable bonds is 4. The zero-order chi connectivity index (χ0) is 18.7. The normalized spacial score (nSPS) is 15.6. The lowest BCUT2D eigenvalue weighted by Crippen LogP contribution is -2.34. The first-order chi connectivity index (χ1) is 12.3. The number of carbonyl (C=O) groups is 1. The lowest BCUT2D eigenvalue weighted by atomic mass is 9.94. The summed E-state index contributed by atoms with van der Waals surface area (Å²) in [5.74, 6) is -0.0812. The van der Waals surface area contributed by atoms with Gasteiger partial charge < -0.3 is 5.32 Å². The lowest BCUT2D eigenvalue weighted by Gasteiger charge is -2.22. The Morgan fingerprint density at radius 2 is 2.00 bits per heavy atom. The van der Waals surface area contributed by atoms with Crippen molar-refractivity contribution in [2.75, 3.05) is 0 Å². The highest BCUT2D eigenvalue weighted by Gasteiger charge is 2.34. The van der Waals surface area contributed by atoms with Crippen LogP contribution in [0.15, 0.2) is 35.3 Å². The van der Waals surface area contributed by atoms with Crippen molar-refractivity contribution < 1.29 is 18.0 Å². The van der Waals surface area contributed by atoms with Crippen molar-refractivity contribution in [2.24, 2.45) is 4.99 Å². The van der Waals surface area contributed by atoms with Gasteiger partial charge in [-0.1, -0.05) is 11.6 Å². The van der Waals surface area contributed by atoms with Crippen LogP contribution in [0.3, 0.4) is 0 Å². The molecule has 1 fully saturated rings. The first-order valence-electron chi connectivity index (χ1n) is 8.06. The highest BCUT2D eigenvalue weighted by molar-refractivity contribution is 6.30. The molecule has 1 aliphatic rings. The largest absolute Gasteiger partial charge is 0.435 e. The Labute approximate surface area is 152 Å². The van der Waals surface area contributed by atoms with E-state index in [0.717, 1.165) is 25.3 Å². The average Bonchev–Trinajstić information content (AvgIpc) is 3.00. The van der Waals surface area contributed by atoms with E-state index in [0.29, 0.717) is 16.4 Å². The Kier molecular flexibility index (Phi) is 5.31. The molecule has 1 saturated carbocycles. The Balaban J connectivity index is 1.75. The van der Waals surface area contributed by atoms with Crippen LogP contribution < -0.4 is 5.32 Å². The summed E-state index contributed by atoms with van der Waals surface area (Å²) in [6.45, 7) is 0. The zero-order valence-corrected chi connectivity index (χ0v) is 14.4. The van der Waals surface area contributed by atoms with Crippen molar-refractivity contribution >= 4 is 23.3 Å². The minimum atomic E-state index is -4.52. The standard InChI is InChI=1S/C17H16ClF3N4O/c18-11-6-4-10(5-7-11)16(26)23-15(22-12-2-1-3-12)9-13-8-14(25-24-13)17(19,20)21/h4-8,12H,1-3,9H2,(H,24,25)(H,22,23,26). The predicted octanol–water partition coefficient (Wildman–Crippen LogP) is 4.01. The number of alkyl halides is 3. The molecule has 0 bridgehead atoms. The molecule has 5 nitrogen and oxygen atoms in total. The number of aromatic amines is 1. The molecule has 1 aliphatic carbocycles. The monoisotopic (exact) mass is 384 g/mol. The molecule has 0 spiro atoms. The fourth-order valence-electron chi connectivity index (χ4n) is 2.44. The van der Waals surface area contributed by atoms with Crippen LogP contribution in [0.1, 0.15) is 41.0 Å². The molecule has 2 N–H and O–H groups in total. The number of benzene rings is 1. The van der Waals surface area contributed by atoms with Gasteiger partial charge in [-0.05, 0) is 49.6 Å². The van der Waals surface area contributed by atoms with Gasteiger partial charge in [-0.3, -0.25) is 14.9 Å². The maximum Gasteiger partial charge on any atom is 0.435 e. The highest BCUT2D eigenvalue weighted by Crippen LogP contribution is 2.28. The minimum absolute atomic E-state index is 0.0267. The third-order valence-electron chi connectivity index (χ3n) is 4.06. The van der Waals surface area contributed by atoms with E-state index in [9.17, 15) is 18.0 Å². The van der Waals surface area contributed by atoms with Gasteiger partial charge in [0.1, 0.15) is 5.84 Å². The number of nitrogens with one attached hydrogen (secondary N) is 2. The van der Waals surface area contributed by atoms with Crippen molar-refractivity contribution in [1.29, 1.82) is 0 Å². The maximum atomic E-state index is 12.7. The number of amides is 1. The molecule has 0 atom stereocenters. The fraction of sp³-hybridized carbons (Fsp3) is 0.353. The SMILES string of the molecule is O=C(NC(Cc1cc(C(F)(F)F)n[nH]1)=NC1CCC1)c1ccc(Cl)cc1. The van der Waals surface area contributed by atoms with Crippen LogP contribution in [0.2, 0.25) is 5.02 Å². The molecule has 1 heterocycles. The predicted molar refractivity (Wildman–Crippen MR) is 91.3 cm³/mol. The number of halogens is 4. The smallest absolute Gasteiger partial charge is 0.310 e. The first kappa shape index (κ1) is 18.4. The molecule has 138 valence electrons. The Bertz CT molecular complexity index is 810. The summed E-state index contributed by atoms with van der Waals surface area (Å²) >= 11 is 5.81. The second kappa shape index (κ2) is 7.49. The van der Waals surface area contributed by atoms with Crippen molar-refractivity contribution in [2.45, 2.75) is 37.9 Å². The molecular weight excluding hydrogens is 369 g/mol. The van der Waals surface area contributed by atoms with E-state index in [4.69, 9.17) is 11.6 Å². The second-order valence-electron chi connectivity index (χ2n) is 6.07. The average molecular weight is 385 g/mol. The Morgan fingerprint density at radius 1 is 1.31 bits per heavy atom. The molecule has 1 aromatic carbocycles. The van der Waals surface area contributed by atoms with Crippen LogP contribution in [0.25, 0.3) is 0 Å². The van der Waals surface area contributed by atoms with Gasteiger partial charge in [0.25, 0.3) is 5.91 Å². The molecule has 9 heteroatoms. The lowest BCUT2D eigenvalue weighted by molar-refractivity contribution is -0.141. The molecule has 1 aromatic heterocycles. The highest BCUT2D eigenvalue weighted by atomic mass is 35.5. The van der Waals surface area contributed by atoms with Gasteiger partial charge in [0, 0.05) is 22.7 Å². The van der Waals surface area contributed by atoms with E-state index in [1.807, 2.05) is 0 Å². The van der Waals surface area contributed by atoms with Gasteiger partial charge in [-0.2, -0.15) is 18.3 Å². The number of nitrogens with zero attached hydrogens (tertiary/aromatic N) is 2. The summed E-state index contributed by atoms with van der Waals surface area (Å²) in [6, 6.07) is 7.31. The molecule has 0 radical (unpaired) electrons. The summed E-state index contributed by atoms with van der Waals surface area (Å²) in [6.07, 6.45) is -1.64. The van der Waals surface area contributed by atoms with Gasteiger partial charge in [-0.15, -0.1) is 0 Å². The topological polar surface area (TPSA) is 70.1 Å². The molecule has 3 rings (SSSR count). The van der Waals surface area contributed by atoms with E-state index < -0.39 is 17.8 Å². The number of hydrogen-bond donors (Lipinski definition) is 2. The van der Waals surface area contributed by atoms with Gasteiger partial charge in [-0.25, -0.2) is 0 Å². The Hall–Kier alpha value is -2.35. The van der Waals surface area contributed by atoms with Crippen molar-refractivity contribution in [3.8, 4) is 0 Å². The van der Waals surface area contributed by atoms with Crippen LogP contribution in [0.4, 0.5) is 13.2 Å². The van der Waals surface area contributed by atoms with E-state index in [1.165, 1.54) is 0 Å². The summed E-state index contributed by atoms with van der Waals surface area (Å²) in [7, 11) is 0. The molecule has 0 unspecified atom stereocenters. The zero-order valence-electron chi connectivity index (χ0n) is 13.6. The van der Waals surface area contributed by atoms with Crippen LogP contribution in [-0.4, -0.2) is 28.0 Å². The van der Waals surface area contributed by atoms with Gasteiger partial charge >= 0.3 is 6.18 Å². The van der Waals surface area contributed by atoms with E-state index in [2.05, 4.69) is 20.5 Å². The molecule has 1 amide bonds. The Morgan fingerprint density at radius 3 is 2.54 bits per heavy atom. The minimum Gasteiger partial charge on any atom is -0.310 e. The van der Waals surface area contributed by atoms with E-state index in [1.54, 1.807) is 24.3 Å². The first-order valence-corrected chi connectivity index (χ1v) is 8.44. The summed E-state index contributed by atoms with van der Waals surface area (Å²) in [4.78, 5) is 16.8. The molecular formula is C17H16ClF3N4O. The number of aliphatic imine (C=N–C) groups is 1. The quantitative estimate of drug-likeness (QED) is 0.617. The van der Waals surface area contributed by atoms with Crippen LogP contribution in [-0.2, 0) is 12.6 Å². The van der Waals surface area contributed by atoms with Crippen LogP contribution in [0.5, 0.6) is 0 Å². The third-order valence-corrected chi connectivity index (χ3v) is 4.31. The molecule has 0 aliphatic heterocycles. The number of aromatic nitrogens is 2. The summed E-state index contributed by atoms with van der Waals surface area (Å²) in [5.41, 5.74) is -0.386.